The molecule has 0 saturated carbocycles. The van der Waals surface area contributed by atoms with Crippen molar-refractivity contribution in [3.63, 3.8) is 0 Å². The van der Waals surface area contributed by atoms with Crippen LogP contribution in [0.3, 0.4) is 0 Å². The normalized spacial score (nSPS) is 11.4. The van der Waals surface area contributed by atoms with Crippen LogP contribution in [0.2, 0.25) is 5.02 Å². The molecule has 0 unspecified atom stereocenters. The van der Waals surface area contributed by atoms with Crippen molar-refractivity contribution < 1.29 is 19.0 Å². The van der Waals surface area contributed by atoms with E-state index in [2.05, 4.69) is 10.5 Å². The molecule has 0 aliphatic rings. The fraction of sp³-hybridized carbons (Fsp3) is 0.160. The maximum absolute atomic E-state index is 12.3. The molecule has 3 rings (SSSR count). The Kier molecular flexibility index (Phi) is 8.69. The number of ether oxygens (including phenoxy) is 3. The number of rotatable bonds is 10. The van der Waals surface area contributed by atoms with Crippen LogP contribution >= 0.6 is 11.6 Å². The van der Waals surface area contributed by atoms with E-state index in [4.69, 9.17) is 25.8 Å². The van der Waals surface area contributed by atoms with Gasteiger partial charge in [-0.1, -0.05) is 54.1 Å². The minimum Gasteiger partial charge on any atom is -0.493 e. The van der Waals surface area contributed by atoms with E-state index >= 15 is 0 Å². The molecule has 0 bridgehead atoms. The van der Waals surface area contributed by atoms with Crippen molar-refractivity contribution in [2.75, 3.05) is 20.3 Å². The van der Waals surface area contributed by atoms with E-state index < -0.39 is 11.8 Å². The largest absolute Gasteiger partial charge is 0.493 e. The van der Waals surface area contributed by atoms with Crippen molar-refractivity contribution >= 4 is 23.7 Å². The standard InChI is InChI=1S/C25H22ClN3O4/c1-31-24-15-18(17-28-29-25(30)20(16-27)19-7-3-2-4-8-19)11-12-23(24)33-14-13-32-22-10-6-5-9-21(22)26/h2-12,15,17,20H,13-14H2,1H3,(H,29,30)/b28-17-/t20-/m0/s1. The van der Waals surface area contributed by atoms with Gasteiger partial charge >= 0.3 is 0 Å². The predicted molar refractivity (Wildman–Crippen MR) is 126 cm³/mol. The Morgan fingerprint density at radius 2 is 1.73 bits per heavy atom. The van der Waals surface area contributed by atoms with Crippen LogP contribution in [0.1, 0.15) is 17.0 Å². The summed E-state index contributed by atoms with van der Waals surface area (Å²) in [5.74, 6) is 0.179. The summed E-state index contributed by atoms with van der Waals surface area (Å²) in [7, 11) is 1.53. The van der Waals surface area contributed by atoms with Crippen molar-refractivity contribution in [1.29, 1.82) is 5.26 Å². The predicted octanol–water partition coefficient (Wildman–Crippen LogP) is 4.56. The van der Waals surface area contributed by atoms with E-state index in [0.717, 1.165) is 0 Å². The minimum absolute atomic E-state index is 0.292. The summed E-state index contributed by atoms with van der Waals surface area (Å²) in [6, 6.07) is 23.2. The van der Waals surface area contributed by atoms with Gasteiger partial charge in [0.1, 0.15) is 19.0 Å². The molecule has 33 heavy (non-hydrogen) atoms. The second-order valence-electron chi connectivity index (χ2n) is 6.74. The molecule has 0 heterocycles. The van der Waals surface area contributed by atoms with Gasteiger partial charge in [-0.15, -0.1) is 0 Å². The number of para-hydroxylation sites is 1. The summed E-state index contributed by atoms with van der Waals surface area (Å²) < 4.78 is 16.7. The third-order valence-corrected chi connectivity index (χ3v) is 4.85. The van der Waals surface area contributed by atoms with E-state index in [-0.39, 0.29) is 0 Å². The monoisotopic (exact) mass is 463 g/mol. The first-order valence-electron chi connectivity index (χ1n) is 10.1. The zero-order chi connectivity index (χ0) is 23.5. The molecule has 0 aliphatic carbocycles. The molecule has 7 nitrogen and oxygen atoms in total. The highest BCUT2D eigenvalue weighted by Crippen LogP contribution is 2.28. The molecule has 1 atom stereocenters. The number of carbonyl (C=O) groups is 1. The lowest BCUT2D eigenvalue weighted by molar-refractivity contribution is -0.121. The lowest BCUT2D eigenvalue weighted by Gasteiger charge is -2.12. The molecule has 0 aromatic heterocycles. The van der Waals surface area contributed by atoms with E-state index in [9.17, 15) is 10.1 Å². The number of amides is 1. The average molecular weight is 464 g/mol. The Hall–Kier alpha value is -4.02. The number of nitriles is 1. The van der Waals surface area contributed by atoms with Crippen LogP contribution < -0.4 is 19.6 Å². The number of halogens is 1. The maximum Gasteiger partial charge on any atom is 0.261 e. The molecule has 3 aromatic carbocycles. The molecular formula is C25H22ClN3O4. The molecule has 1 amide bonds. The van der Waals surface area contributed by atoms with Gasteiger partial charge in [0.05, 0.1) is 24.4 Å². The minimum atomic E-state index is -0.943. The van der Waals surface area contributed by atoms with E-state index in [1.54, 1.807) is 54.6 Å². The highest BCUT2D eigenvalue weighted by Gasteiger charge is 2.19. The smallest absolute Gasteiger partial charge is 0.261 e. The second-order valence-corrected chi connectivity index (χ2v) is 7.15. The zero-order valence-electron chi connectivity index (χ0n) is 17.9. The molecule has 168 valence electrons. The first-order chi connectivity index (χ1) is 16.1. The summed E-state index contributed by atoms with van der Waals surface area (Å²) in [6.07, 6.45) is 1.46. The van der Waals surface area contributed by atoms with Crippen LogP contribution in [0.15, 0.2) is 77.9 Å². The van der Waals surface area contributed by atoms with E-state index in [1.165, 1.54) is 13.3 Å². The van der Waals surface area contributed by atoms with Gasteiger partial charge in [0.25, 0.3) is 5.91 Å². The summed E-state index contributed by atoms with van der Waals surface area (Å²) in [5.41, 5.74) is 3.69. The average Bonchev–Trinajstić information content (AvgIpc) is 2.84. The summed E-state index contributed by atoms with van der Waals surface area (Å²) in [6.45, 7) is 0.601. The fourth-order valence-electron chi connectivity index (χ4n) is 2.91. The van der Waals surface area contributed by atoms with Crippen molar-refractivity contribution in [2.45, 2.75) is 5.92 Å². The number of hydrazone groups is 1. The number of benzene rings is 3. The van der Waals surface area contributed by atoms with Gasteiger partial charge in [0.2, 0.25) is 0 Å². The second kappa shape index (κ2) is 12.1. The van der Waals surface area contributed by atoms with Gasteiger partial charge in [-0.2, -0.15) is 10.4 Å². The van der Waals surface area contributed by atoms with Gasteiger partial charge in [-0.05, 0) is 41.5 Å². The molecule has 8 heteroatoms. The van der Waals surface area contributed by atoms with E-state index in [0.29, 0.717) is 46.6 Å². The number of carbonyl (C=O) groups excluding carboxylic acids is 1. The van der Waals surface area contributed by atoms with Crippen molar-refractivity contribution in [1.82, 2.24) is 5.43 Å². The number of methoxy groups -OCH3 is 1. The van der Waals surface area contributed by atoms with Crippen LogP contribution in [-0.2, 0) is 4.79 Å². The van der Waals surface area contributed by atoms with Crippen LogP contribution in [0.4, 0.5) is 0 Å². The Morgan fingerprint density at radius 3 is 2.42 bits per heavy atom. The van der Waals surface area contributed by atoms with Crippen molar-refractivity contribution in [2.24, 2.45) is 5.10 Å². The quantitative estimate of drug-likeness (QED) is 0.270. The topological polar surface area (TPSA) is 92.9 Å². The Morgan fingerprint density at radius 1 is 1.03 bits per heavy atom. The van der Waals surface area contributed by atoms with Crippen LogP contribution in [0.5, 0.6) is 17.2 Å². The zero-order valence-corrected chi connectivity index (χ0v) is 18.7. The van der Waals surface area contributed by atoms with Gasteiger partial charge in [0.15, 0.2) is 17.4 Å². The Labute approximate surface area is 197 Å². The maximum atomic E-state index is 12.3. The molecule has 0 radical (unpaired) electrons. The third-order valence-electron chi connectivity index (χ3n) is 4.54. The molecule has 0 saturated heterocycles. The lowest BCUT2D eigenvalue weighted by atomic mass is 10.0. The summed E-state index contributed by atoms with van der Waals surface area (Å²) in [5, 5.41) is 13.8. The van der Waals surface area contributed by atoms with Crippen molar-refractivity contribution in [3.05, 3.63) is 88.9 Å². The number of nitrogens with zero attached hydrogens (tertiary/aromatic N) is 2. The lowest BCUT2D eigenvalue weighted by Crippen LogP contribution is -2.24. The van der Waals surface area contributed by atoms with Crippen LogP contribution in [0, 0.1) is 11.3 Å². The van der Waals surface area contributed by atoms with Crippen LogP contribution in [0.25, 0.3) is 0 Å². The first-order valence-corrected chi connectivity index (χ1v) is 10.5. The molecule has 0 spiro atoms. The highest BCUT2D eigenvalue weighted by molar-refractivity contribution is 6.32. The third kappa shape index (κ3) is 6.73. The highest BCUT2D eigenvalue weighted by atomic mass is 35.5. The number of hydrogen-bond acceptors (Lipinski definition) is 6. The summed E-state index contributed by atoms with van der Waals surface area (Å²) >= 11 is 6.06. The molecule has 3 aromatic rings. The number of hydrogen-bond donors (Lipinski definition) is 1. The summed E-state index contributed by atoms with van der Waals surface area (Å²) in [4.78, 5) is 12.3. The molecular weight excluding hydrogens is 442 g/mol. The van der Waals surface area contributed by atoms with E-state index in [1.807, 2.05) is 24.3 Å². The number of nitrogens with one attached hydrogen (secondary N) is 1. The molecule has 0 aliphatic heterocycles. The first kappa shape index (κ1) is 23.6. The SMILES string of the molecule is COc1cc(/C=N\NC(=O)[C@@H](C#N)c2ccccc2)ccc1OCCOc1ccccc1Cl. The fourth-order valence-corrected chi connectivity index (χ4v) is 3.10. The molecule has 1 N–H and O–H groups in total. The van der Waals surface area contributed by atoms with Crippen molar-refractivity contribution in [3.8, 4) is 23.3 Å². The van der Waals surface area contributed by atoms with Crippen LogP contribution in [-0.4, -0.2) is 32.4 Å². The Bertz CT molecular complexity index is 1150. The molecule has 0 fully saturated rings. The Balaban J connectivity index is 1.54. The van der Waals surface area contributed by atoms with Gasteiger partial charge in [-0.3, -0.25) is 4.79 Å². The van der Waals surface area contributed by atoms with Gasteiger partial charge in [0, 0.05) is 0 Å². The van der Waals surface area contributed by atoms with Gasteiger partial charge in [-0.25, -0.2) is 5.43 Å². The van der Waals surface area contributed by atoms with Gasteiger partial charge < -0.3 is 14.2 Å².